The summed E-state index contributed by atoms with van der Waals surface area (Å²) in [6, 6.07) is 16.7. The molecule has 0 atom stereocenters. The molecule has 0 saturated carbocycles. The van der Waals surface area contributed by atoms with Crippen LogP contribution in [0.3, 0.4) is 0 Å². The van der Waals surface area contributed by atoms with Gasteiger partial charge < -0.3 is 15.1 Å². The van der Waals surface area contributed by atoms with E-state index in [1.54, 1.807) is 0 Å². The Morgan fingerprint density at radius 1 is 0.588 bits per heavy atom. The SMILES string of the molecule is [Na+].[Na+].[Na+].[O-]B([O-])[O-].c1ccc2ccccc2c1. The van der Waals surface area contributed by atoms with Gasteiger partial charge in [0.2, 0.25) is 0 Å². The summed E-state index contributed by atoms with van der Waals surface area (Å²) in [5, 5.41) is 27.9. The van der Waals surface area contributed by atoms with E-state index < -0.39 is 7.32 Å². The van der Waals surface area contributed by atoms with Crippen LogP contribution in [0.25, 0.3) is 10.8 Å². The van der Waals surface area contributed by atoms with Gasteiger partial charge in [-0.15, -0.1) is 0 Å². The molecule has 17 heavy (non-hydrogen) atoms. The van der Waals surface area contributed by atoms with Crippen molar-refractivity contribution in [3.63, 3.8) is 0 Å². The fourth-order valence-electron chi connectivity index (χ4n) is 1.13. The summed E-state index contributed by atoms with van der Waals surface area (Å²) in [6.45, 7) is 0. The predicted octanol–water partition coefficient (Wildman–Crippen LogP) is -10.1. The van der Waals surface area contributed by atoms with E-state index in [1.807, 2.05) is 0 Å². The Balaban J connectivity index is -0.000000252. The largest absolute Gasteiger partial charge is 1.00 e. The van der Waals surface area contributed by atoms with E-state index in [0.717, 1.165) is 0 Å². The molecule has 0 aliphatic heterocycles. The molecule has 2 aromatic carbocycles. The number of benzene rings is 2. The molecule has 2 aromatic rings. The van der Waals surface area contributed by atoms with Crippen LogP contribution >= 0.6 is 0 Å². The Kier molecular flexibility index (Phi) is 19.6. The summed E-state index contributed by atoms with van der Waals surface area (Å²) in [5.41, 5.74) is 0. The van der Waals surface area contributed by atoms with Crippen LogP contribution in [-0.4, -0.2) is 7.32 Å². The summed E-state index contributed by atoms with van der Waals surface area (Å²) in [5.74, 6) is 0. The first-order chi connectivity index (χ1) is 6.70. The van der Waals surface area contributed by atoms with Crippen LogP contribution in [0.2, 0.25) is 0 Å². The van der Waals surface area contributed by atoms with Crippen molar-refractivity contribution in [1.29, 1.82) is 0 Å². The van der Waals surface area contributed by atoms with Crippen molar-refractivity contribution in [2.75, 3.05) is 0 Å². The van der Waals surface area contributed by atoms with E-state index in [1.165, 1.54) is 10.8 Å². The number of rotatable bonds is 0. The van der Waals surface area contributed by atoms with Crippen molar-refractivity contribution >= 4 is 18.1 Å². The summed E-state index contributed by atoms with van der Waals surface area (Å²) in [7, 11) is -2.92. The Morgan fingerprint density at radius 2 is 0.765 bits per heavy atom. The second kappa shape index (κ2) is 14.1. The maximum Gasteiger partial charge on any atom is 1.00 e. The van der Waals surface area contributed by atoms with E-state index in [9.17, 15) is 0 Å². The first kappa shape index (κ1) is 23.7. The van der Waals surface area contributed by atoms with E-state index >= 15 is 0 Å². The van der Waals surface area contributed by atoms with Crippen LogP contribution in [-0.2, 0) is 0 Å². The van der Waals surface area contributed by atoms with Crippen molar-refractivity contribution in [2.24, 2.45) is 0 Å². The van der Waals surface area contributed by atoms with Crippen LogP contribution in [0.15, 0.2) is 48.5 Å². The molecule has 0 heterocycles. The molecule has 0 amide bonds. The van der Waals surface area contributed by atoms with Gasteiger partial charge in [0.25, 0.3) is 0 Å². The van der Waals surface area contributed by atoms with Gasteiger partial charge >= 0.3 is 88.7 Å². The van der Waals surface area contributed by atoms with Crippen molar-refractivity contribution in [1.82, 2.24) is 0 Å². The second-order valence-corrected chi connectivity index (χ2v) is 2.64. The maximum atomic E-state index is 8.42. The molecule has 0 fully saturated rings. The van der Waals surface area contributed by atoms with Gasteiger partial charge in [0.05, 0.1) is 0 Å². The minimum absolute atomic E-state index is 0. The normalized spacial score (nSPS) is 7.47. The molecular formula is C10H8BNa3O3. The second-order valence-electron chi connectivity index (χ2n) is 2.64. The molecule has 0 saturated heterocycles. The van der Waals surface area contributed by atoms with Gasteiger partial charge in [-0.05, 0) is 10.8 Å². The molecule has 0 aromatic heterocycles. The van der Waals surface area contributed by atoms with Gasteiger partial charge in [-0.25, -0.2) is 0 Å². The zero-order valence-electron chi connectivity index (χ0n) is 10.4. The quantitative estimate of drug-likeness (QED) is 0.439. The number of hydrogen-bond acceptors (Lipinski definition) is 3. The third-order valence-electron chi connectivity index (χ3n) is 1.66. The fourth-order valence-corrected chi connectivity index (χ4v) is 1.13. The molecule has 0 spiro atoms. The molecule has 2 rings (SSSR count). The van der Waals surface area contributed by atoms with E-state index in [4.69, 9.17) is 15.1 Å². The molecule has 0 aliphatic rings. The molecule has 0 radical (unpaired) electrons. The summed E-state index contributed by atoms with van der Waals surface area (Å²) in [6.07, 6.45) is 0. The molecule has 0 N–H and O–H groups in total. The molecule has 0 aliphatic carbocycles. The first-order valence-electron chi connectivity index (χ1n) is 4.11. The zero-order valence-corrected chi connectivity index (χ0v) is 16.4. The van der Waals surface area contributed by atoms with Crippen LogP contribution in [0.1, 0.15) is 0 Å². The average Bonchev–Trinajstić information content (AvgIpc) is 2.17. The Morgan fingerprint density at radius 3 is 0.941 bits per heavy atom. The predicted molar refractivity (Wildman–Crippen MR) is 49.7 cm³/mol. The third-order valence-corrected chi connectivity index (χ3v) is 1.66. The van der Waals surface area contributed by atoms with Crippen molar-refractivity contribution in [3.8, 4) is 0 Å². The van der Waals surface area contributed by atoms with Crippen LogP contribution < -0.4 is 104 Å². The fraction of sp³-hybridized carbons (Fsp3) is 0. The average molecular weight is 256 g/mol. The van der Waals surface area contributed by atoms with Gasteiger partial charge in [-0.2, -0.15) is 0 Å². The van der Waals surface area contributed by atoms with E-state index in [-0.39, 0.29) is 88.7 Å². The molecule has 0 bridgehead atoms. The monoisotopic (exact) mass is 256 g/mol. The van der Waals surface area contributed by atoms with Crippen LogP contribution in [0, 0.1) is 0 Å². The molecule has 0 unspecified atom stereocenters. The van der Waals surface area contributed by atoms with Gasteiger partial charge in [0.15, 0.2) is 0 Å². The van der Waals surface area contributed by atoms with E-state index in [0.29, 0.717) is 0 Å². The van der Waals surface area contributed by atoms with Crippen molar-refractivity contribution in [3.05, 3.63) is 48.5 Å². The molecular weight excluding hydrogens is 248 g/mol. The molecule has 3 nitrogen and oxygen atoms in total. The molecule has 72 valence electrons. The minimum Gasteiger partial charge on any atom is -0.907 e. The smallest absolute Gasteiger partial charge is 0.907 e. The van der Waals surface area contributed by atoms with Gasteiger partial charge in [0, 0.05) is 0 Å². The van der Waals surface area contributed by atoms with Gasteiger partial charge in [0.1, 0.15) is 0 Å². The van der Waals surface area contributed by atoms with Crippen molar-refractivity contribution < 1.29 is 104 Å². The number of fused-ring (bicyclic) bond motifs is 1. The minimum atomic E-state index is -2.92. The third kappa shape index (κ3) is 11.2. The van der Waals surface area contributed by atoms with Crippen LogP contribution in [0.4, 0.5) is 0 Å². The Labute approximate surface area is 168 Å². The summed E-state index contributed by atoms with van der Waals surface area (Å²) < 4.78 is 0. The molecule has 7 heteroatoms. The summed E-state index contributed by atoms with van der Waals surface area (Å²) in [4.78, 5) is 0. The maximum absolute atomic E-state index is 8.42. The number of hydrogen-bond donors (Lipinski definition) is 0. The van der Waals surface area contributed by atoms with E-state index in [2.05, 4.69) is 48.5 Å². The van der Waals surface area contributed by atoms with Gasteiger partial charge in [-0.3, -0.25) is 7.32 Å². The standard InChI is InChI=1S/C10H8.BO3.3Na/c1-2-6-10-8-4-3-7-9(10)5-1;2-1(3)4;;;/h1-8H;;;;/q;-3;3*+1. The topological polar surface area (TPSA) is 69.2 Å². The summed E-state index contributed by atoms with van der Waals surface area (Å²) >= 11 is 0. The zero-order chi connectivity index (χ0) is 10.4. The first-order valence-corrected chi connectivity index (χ1v) is 4.11. The Hall–Kier alpha value is 1.64. The Bertz CT molecular complexity index is 333. The van der Waals surface area contributed by atoms with Crippen molar-refractivity contribution in [2.45, 2.75) is 0 Å². The van der Waals surface area contributed by atoms with Crippen LogP contribution in [0.5, 0.6) is 0 Å². The van der Waals surface area contributed by atoms with Gasteiger partial charge in [-0.1, -0.05) is 48.5 Å².